The maximum absolute atomic E-state index is 6.63. The van der Waals surface area contributed by atoms with Gasteiger partial charge in [-0.25, -0.2) is 4.98 Å². The van der Waals surface area contributed by atoms with Gasteiger partial charge in [0, 0.05) is 14.5 Å². The lowest BCUT2D eigenvalue weighted by Gasteiger charge is -2.35. The third-order valence-corrected chi connectivity index (χ3v) is 5.88. The molecular weight excluding hydrogens is 379 g/mol. The van der Waals surface area contributed by atoms with Crippen molar-refractivity contribution in [2.75, 3.05) is 0 Å². The predicted molar refractivity (Wildman–Crippen MR) is 93.8 cm³/mol. The van der Waals surface area contributed by atoms with E-state index in [0.29, 0.717) is 5.92 Å². The quantitative estimate of drug-likeness (QED) is 0.740. The molecule has 1 aromatic heterocycles. The molecule has 1 saturated carbocycles. The molecule has 2 N–H and O–H groups in total. The summed E-state index contributed by atoms with van der Waals surface area (Å²) >= 11 is 4.04. The minimum Gasteiger partial charge on any atom is -0.319 e. The van der Waals surface area contributed by atoms with Crippen molar-refractivity contribution in [3.8, 4) is 11.3 Å². The second-order valence-electron chi connectivity index (χ2n) is 5.90. The van der Waals surface area contributed by atoms with Crippen LogP contribution in [0.4, 0.5) is 0 Å². The molecular formula is C16H19IN2S. The van der Waals surface area contributed by atoms with Crippen molar-refractivity contribution in [2.45, 2.75) is 38.1 Å². The van der Waals surface area contributed by atoms with Gasteiger partial charge in [-0.2, -0.15) is 0 Å². The number of hydrogen-bond acceptors (Lipinski definition) is 3. The Bertz CT molecular complexity index is 593. The van der Waals surface area contributed by atoms with E-state index in [1.165, 1.54) is 22.0 Å². The Balaban J connectivity index is 1.88. The van der Waals surface area contributed by atoms with E-state index in [-0.39, 0.29) is 5.54 Å². The van der Waals surface area contributed by atoms with Crippen molar-refractivity contribution in [3.05, 3.63) is 38.2 Å². The molecule has 0 spiro atoms. The highest BCUT2D eigenvalue weighted by Crippen LogP contribution is 2.40. The molecule has 0 saturated heterocycles. The lowest BCUT2D eigenvalue weighted by Crippen LogP contribution is -2.40. The first kappa shape index (κ1) is 14.5. The van der Waals surface area contributed by atoms with Gasteiger partial charge in [0.2, 0.25) is 0 Å². The molecule has 1 aliphatic carbocycles. The molecule has 0 radical (unpaired) electrons. The highest BCUT2D eigenvalue weighted by Gasteiger charge is 2.35. The van der Waals surface area contributed by atoms with Gasteiger partial charge in [-0.1, -0.05) is 31.9 Å². The normalized spacial score (nSPS) is 26.6. The highest BCUT2D eigenvalue weighted by atomic mass is 127. The first-order valence-corrected chi connectivity index (χ1v) is 9.03. The third kappa shape index (κ3) is 2.92. The number of nitrogens with zero attached hydrogens (tertiary/aromatic N) is 1. The van der Waals surface area contributed by atoms with Crippen molar-refractivity contribution in [1.82, 2.24) is 4.98 Å². The molecule has 3 rings (SSSR count). The van der Waals surface area contributed by atoms with Crippen LogP contribution >= 0.6 is 33.9 Å². The van der Waals surface area contributed by atoms with Crippen LogP contribution in [0.5, 0.6) is 0 Å². The highest BCUT2D eigenvalue weighted by molar-refractivity contribution is 14.1. The van der Waals surface area contributed by atoms with Gasteiger partial charge in [-0.3, -0.25) is 0 Å². The molecule has 0 amide bonds. The largest absolute Gasteiger partial charge is 0.319 e. The SMILES string of the molecule is CC1CCCC(N)(c2nc(-c3ccc(I)cc3)cs2)C1. The molecule has 1 aromatic carbocycles. The monoisotopic (exact) mass is 398 g/mol. The van der Waals surface area contributed by atoms with Crippen LogP contribution in [0, 0.1) is 9.49 Å². The Morgan fingerprint density at radius 3 is 2.80 bits per heavy atom. The zero-order chi connectivity index (χ0) is 14.2. The summed E-state index contributed by atoms with van der Waals surface area (Å²) in [6.07, 6.45) is 4.65. The van der Waals surface area contributed by atoms with Crippen LogP contribution < -0.4 is 5.73 Å². The molecule has 2 unspecified atom stereocenters. The van der Waals surface area contributed by atoms with E-state index in [2.05, 4.69) is 59.2 Å². The van der Waals surface area contributed by atoms with Crippen molar-refractivity contribution in [1.29, 1.82) is 0 Å². The molecule has 0 bridgehead atoms. The van der Waals surface area contributed by atoms with Crippen LogP contribution in [0.1, 0.15) is 37.6 Å². The fourth-order valence-electron chi connectivity index (χ4n) is 3.04. The van der Waals surface area contributed by atoms with E-state index >= 15 is 0 Å². The summed E-state index contributed by atoms with van der Waals surface area (Å²) in [5.74, 6) is 0.708. The molecule has 2 nitrogen and oxygen atoms in total. The van der Waals surface area contributed by atoms with Gasteiger partial charge in [0.15, 0.2) is 0 Å². The average Bonchev–Trinajstić information content (AvgIpc) is 2.90. The van der Waals surface area contributed by atoms with E-state index in [9.17, 15) is 0 Å². The third-order valence-electron chi connectivity index (χ3n) is 4.10. The number of nitrogens with two attached hydrogens (primary N) is 1. The molecule has 2 aromatic rings. The minimum atomic E-state index is -0.205. The topological polar surface area (TPSA) is 38.9 Å². The summed E-state index contributed by atoms with van der Waals surface area (Å²) < 4.78 is 1.25. The lowest BCUT2D eigenvalue weighted by atomic mass is 9.77. The van der Waals surface area contributed by atoms with Gasteiger partial charge in [-0.05, 0) is 53.5 Å². The number of thiazole rings is 1. The maximum atomic E-state index is 6.63. The van der Waals surface area contributed by atoms with E-state index in [1.807, 2.05) is 0 Å². The van der Waals surface area contributed by atoms with Gasteiger partial charge >= 0.3 is 0 Å². The van der Waals surface area contributed by atoms with Crippen molar-refractivity contribution in [3.63, 3.8) is 0 Å². The van der Waals surface area contributed by atoms with Gasteiger partial charge in [0.1, 0.15) is 5.01 Å². The predicted octanol–water partition coefficient (Wildman–Crippen LogP) is 4.78. The second kappa shape index (κ2) is 5.73. The van der Waals surface area contributed by atoms with Crippen molar-refractivity contribution >= 4 is 33.9 Å². The van der Waals surface area contributed by atoms with Gasteiger partial charge in [0.25, 0.3) is 0 Å². The number of hydrogen-bond donors (Lipinski definition) is 1. The van der Waals surface area contributed by atoms with Gasteiger partial charge in [-0.15, -0.1) is 11.3 Å². The molecule has 0 aliphatic heterocycles. The van der Waals surface area contributed by atoms with Crippen LogP contribution in [0.15, 0.2) is 29.6 Å². The van der Waals surface area contributed by atoms with Gasteiger partial charge < -0.3 is 5.73 Å². The summed E-state index contributed by atoms with van der Waals surface area (Å²) in [6.45, 7) is 2.30. The lowest BCUT2D eigenvalue weighted by molar-refractivity contribution is 0.238. The van der Waals surface area contributed by atoms with Crippen LogP contribution in [-0.4, -0.2) is 4.98 Å². The summed E-state index contributed by atoms with van der Waals surface area (Å²) in [5, 5.41) is 3.25. The summed E-state index contributed by atoms with van der Waals surface area (Å²) in [6, 6.07) is 8.51. The van der Waals surface area contributed by atoms with Crippen LogP contribution in [-0.2, 0) is 5.54 Å². The average molecular weight is 398 g/mol. The summed E-state index contributed by atoms with van der Waals surface area (Å²) in [4.78, 5) is 4.83. The van der Waals surface area contributed by atoms with E-state index in [0.717, 1.165) is 23.5 Å². The molecule has 2 atom stereocenters. The molecule has 20 heavy (non-hydrogen) atoms. The summed E-state index contributed by atoms with van der Waals surface area (Å²) in [5.41, 5.74) is 8.67. The number of rotatable bonds is 2. The minimum absolute atomic E-state index is 0.205. The van der Waals surface area contributed by atoms with Crippen LogP contribution in [0.3, 0.4) is 0 Å². The van der Waals surface area contributed by atoms with E-state index in [4.69, 9.17) is 10.7 Å². The van der Waals surface area contributed by atoms with Crippen LogP contribution in [0.25, 0.3) is 11.3 Å². The zero-order valence-electron chi connectivity index (χ0n) is 11.6. The number of benzene rings is 1. The first-order chi connectivity index (χ1) is 9.57. The summed E-state index contributed by atoms with van der Waals surface area (Å²) in [7, 11) is 0. The number of halogens is 1. The molecule has 1 heterocycles. The van der Waals surface area contributed by atoms with Crippen molar-refractivity contribution < 1.29 is 0 Å². The molecule has 106 valence electrons. The fraction of sp³-hybridized carbons (Fsp3) is 0.438. The smallest absolute Gasteiger partial charge is 0.113 e. The second-order valence-corrected chi connectivity index (χ2v) is 8.01. The molecule has 4 heteroatoms. The van der Waals surface area contributed by atoms with E-state index in [1.54, 1.807) is 11.3 Å². The zero-order valence-corrected chi connectivity index (χ0v) is 14.6. The Labute approximate surface area is 137 Å². The van der Waals surface area contributed by atoms with E-state index < -0.39 is 0 Å². The van der Waals surface area contributed by atoms with Crippen LogP contribution in [0.2, 0.25) is 0 Å². The standard InChI is InChI=1S/C16H19IN2S/c1-11-3-2-8-16(18,9-11)15-19-14(10-20-15)12-4-6-13(17)7-5-12/h4-7,10-11H,2-3,8-9,18H2,1H3. The van der Waals surface area contributed by atoms with Gasteiger partial charge in [0.05, 0.1) is 11.2 Å². The molecule has 1 fully saturated rings. The van der Waals surface area contributed by atoms with Crippen molar-refractivity contribution in [2.24, 2.45) is 11.7 Å². The first-order valence-electron chi connectivity index (χ1n) is 7.08. The Morgan fingerprint density at radius 1 is 1.35 bits per heavy atom. The fourth-order valence-corrected chi connectivity index (χ4v) is 4.38. The Morgan fingerprint density at radius 2 is 2.10 bits per heavy atom. The maximum Gasteiger partial charge on any atom is 0.113 e. The Kier molecular flexibility index (Phi) is 4.15. The Hall–Kier alpha value is -0.460. The number of aromatic nitrogens is 1. The molecule has 1 aliphatic rings.